The number of fused-ring (bicyclic) bond motifs is 3. The van der Waals surface area contributed by atoms with Gasteiger partial charge in [0.2, 0.25) is 17.7 Å². The molecular weight excluding hydrogens is 1770 g/mol. The maximum atomic E-state index is 13.9. The molecule has 4 unspecified atom stereocenters. The maximum absolute atomic E-state index is 13.9. The summed E-state index contributed by atoms with van der Waals surface area (Å²) >= 11 is 4.98. The molecule has 3 aromatic carbocycles. The normalized spacial score (nSPS) is 18.8. The molecular formula is C106H124B4N12O12S3. The van der Waals surface area contributed by atoms with Crippen molar-refractivity contribution in [1.29, 1.82) is 0 Å². The highest BCUT2D eigenvalue weighted by Crippen LogP contribution is 2.53. The third-order valence-corrected chi connectivity index (χ3v) is 31.2. The first kappa shape index (κ1) is 101. The van der Waals surface area contributed by atoms with E-state index < -0.39 is 36.1 Å². The number of benzene rings is 3. The van der Waals surface area contributed by atoms with Gasteiger partial charge in [-0.3, -0.25) is 24.0 Å². The summed E-state index contributed by atoms with van der Waals surface area (Å²) in [6, 6.07) is 38.3. The molecule has 20 rings (SSSR count). The Morgan fingerprint density at radius 2 is 0.737 bits per heavy atom. The van der Waals surface area contributed by atoms with Crippen molar-refractivity contribution in [1.82, 2.24) is 58.3 Å². The van der Waals surface area contributed by atoms with Crippen LogP contribution in [0.3, 0.4) is 0 Å². The molecule has 8 aliphatic rings. The minimum absolute atomic E-state index is 0. The largest absolute Gasteiger partial charge is 0.481 e. The van der Waals surface area contributed by atoms with E-state index in [1.807, 2.05) is 66.9 Å². The van der Waals surface area contributed by atoms with Crippen LogP contribution in [0.4, 0.5) is 0 Å². The fourth-order valence-corrected chi connectivity index (χ4v) is 23.9. The molecule has 3 amide bonds. The van der Waals surface area contributed by atoms with Crippen LogP contribution in [0.1, 0.15) is 226 Å². The van der Waals surface area contributed by atoms with Gasteiger partial charge in [0, 0.05) is 120 Å². The highest BCUT2D eigenvalue weighted by molar-refractivity contribution is 7.49. The zero-order valence-corrected chi connectivity index (χ0v) is 80.4. The van der Waals surface area contributed by atoms with Gasteiger partial charge in [0.25, 0.3) is 0 Å². The maximum Gasteiger partial charge on any atom is 0.328 e. The number of ether oxygens (including phenoxy) is 3. The molecule has 710 valence electrons. The summed E-state index contributed by atoms with van der Waals surface area (Å²) in [5.74, 6) is -2.47. The summed E-state index contributed by atoms with van der Waals surface area (Å²) in [6.45, 7) is 19.4. The molecule has 12 aromatic rings. The van der Waals surface area contributed by atoms with E-state index in [1.165, 1.54) is 74.5 Å². The van der Waals surface area contributed by atoms with Crippen LogP contribution in [0.2, 0.25) is 0 Å². The number of hydrogen-bond acceptors (Lipinski definition) is 18. The first-order chi connectivity index (χ1) is 65.3. The standard InChI is InChI=1S/C37H42N4O4S.C34H38N4O4S.C33H36N4O4S.2CH4.B4/c1-23-36(46-24(2)38-23)32-15-12-26-20-27(13-14-31(26)39-32)35-30(25-8-4-3-5-9-25)21-33(28-10-6-7-11-29(28)37(43)44)41(35)22-34(42)40-16-18-45-19-17-40;1-20-33(43-21(2)35-20)29-11-8-23-16-24(9-10-28(23)36-29)32-25(22-6-4-3-5-7-22)18-30(26-17-27(26)34(40)41)38(32)19-31(39)37-12-14-42-15-13-37;1-21-33(42-22(2)34-21)29-12-8-24-18-25(9-11-28(24)35-29)32-27(23-6-4-3-5-7-23)19-26(10-13-31(39)40)37(32)20-30(38)36-14-16-41-17-15-36;;;1-4(2)3/h6-7,12-15,20-21,25,28-29H,3-5,8-11,16-19,22H2,1-2H3,(H,43,44);8-11,16,18,22,26-27H,3-7,12-15,17,19H2,1-2H3,(H,40,41);8-13,18-19,23H,3-7,14-17,20H2,1-2H3,(H,39,40);2*1H4;/b;;13-10+;;;. The summed E-state index contributed by atoms with van der Waals surface area (Å²) in [5, 5.41) is 35.7. The number of aliphatic carboxylic acids is 3. The lowest BCUT2D eigenvalue weighted by Gasteiger charge is -2.30. The Kier molecular flexibility index (Phi) is 33.3. The van der Waals surface area contributed by atoms with Crippen LogP contribution in [0.25, 0.3) is 104 Å². The van der Waals surface area contributed by atoms with Crippen molar-refractivity contribution in [2.24, 2.45) is 11.8 Å². The van der Waals surface area contributed by atoms with E-state index in [2.05, 4.69) is 163 Å². The van der Waals surface area contributed by atoms with Gasteiger partial charge < -0.3 is 57.9 Å². The van der Waals surface area contributed by atoms with Crippen molar-refractivity contribution in [3.05, 3.63) is 193 Å². The smallest absolute Gasteiger partial charge is 0.328 e. The zero-order valence-electron chi connectivity index (χ0n) is 78.0. The Morgan fingerprint density at radius 3 is 1.07 bits per heavy atom. The van der Waals surface area contributed by atoms with Crippen molar-refractivity contribution < 1.29 is 58.3 Å². The van der Waals surface area contributed by atoms with Gasteiger partial charge in [-0.15, -0.1) is 34.0 Å². The number of carboxylic acid groups (broad SMARTS) is 3. The molecule has 9 aromatic heterocycles. The monoisotopic (exact) mass is 1900 g/mol. The second-order valence-electron chi connectivity index (χ2n) is 37.1. The second kappa shape index (κ2) is 45.3. The number of thiazole rings is 3. The molecule has 31 heteroatoms. The van der Waals surface area contributed by atoms with E-state index in [0.717, 1.165) is 192 Å². The summed E-state index contributed by atoms with van der Waals surface area (Å²) in [4.78, 5) is 115. The van der Waals surface area contributed by atoms with E-state index in [9.17, 15) is 44.1 Å². The fourth-order valence-electron chi connectivity index (χ4n) is 21.2. The van der Waals surface area contributed by atoms with Gasteiger partial charge in [0.05, 0.1) is 149 Å². The van der Waals surface area contributed by atoms with Crippen LogP contribution in [0.15, 0.2) is 127 Å². The minimum atomic E-state index is -1.01. The number of morpholine rings is 3. The van der Waals surface area contributed by atoms with E-state index in [4.69, 9.17) is 29.2 Å². The Morgan fingerprint density at radius 1 is 0.409 bits per heavy atom. The number of hydrogen-bond donors (Lipinski definition) is 3. The first-order valence-electron chi connectivity index (χ1n) is 48.0. The molecule has 4 saturated carbocycles. The lowest BCUT2D eigenvalue weighted by molar-refractivity contribution is -0.143. The zero-order chi connectivity index (χ0) is 94.2. The molecule has 7 fully saturated rings. The lowest BCUT2D eigenvalue weighted by Crippen LogP contribution is -2.42. The fraction of sp³-hybridized carbons (Fsp3) is 0.453. The van der Waals surface area contributed by atoms with Crippen molar-refractivity contribution in [3.8, 4) is 65.5 Å². The van der Waals surface area contributed by atoms with Gasteiger partial charge in [-0.05, 0) is 229 Å². The Hall–Kier alpha value is -10.9. The Labute approximate surface area is 819 Å². The molecule has 5 aliphatic carbocycles. The molecule has 3 N–H and O–H groups in total. The molecule has 12 heterocycles. The predicted molar refractivity (Wildman–Crippen MR) is 551 cm³/mol. The number of carbonyl (C=O) groups is 6. The van der Waals surface area contributed by atoms with Crippen LogP contribution >= 0.6 is 34.0 Å². The summed E-state index contributed by atoms with van der Waals surface area (Å²) in [5.41, 5.74) is 21.1. The average molecular weight is 1900 g/mol. The van der Waals surface area contributed by atoms with E-state index in [1.54, 1.807) is 40.1 Å². The molecule has 3 saturated heterocycles. The molecule has 4 atom stereocenters. The van der Waals surface area contributed by atoms with Crippen LogP contribution < -0.4 is 0 Å². The quantitative estimate of drug-likeness (QED) is 0.0342. The molecule has 0 spiro atoms. The third kappa shape index (κ3) is 23.3. The number of rotatable bonds is 21. The molecule has 0 bridgehead atoms. The topological polar surface area (TPSA) is 293 Å². The van der Waals surface area contributed by atoms with Gasteiger partial charge in [0.15, 0.2) is 0 Å². The van der Waals surface area contributed by atoms with Gasteiger partial charge in [-0.25, -0.2) is 34.7 Å². The number of nitrogens with zero attached hydrogens (tertiary/aromatic N) is 12. The van der Waals surface area contributed by atoms with Crippen molar-refractivity contribution in [2.45, 2.75) is 221 Å². The number of carbonyl (C=O) groups excluding carboxylic acids is 3. The van der Waals surface area contributed by atoms with Gasteiger partial charge in [0.1, 0.15) is 19.6 Å². The van der Waals surface area contributed by atoms with Crippen molar-refractivity contribution in [3.63, 3.8) is 0 Å². The number of aromatic nitrogens is 9. The van der Waals surface area contributed by atoms with E-state index >= 15 is 0 Å². The summed E-state index contributed by atoms with van der Waals surface area (Å²) in [6.07, 6.45) is 25.4. The summed E-state index contributed by atoms with van der Waals surface area (Å²) < 4.78 is 22.9. The predicted octanol–water partition coefficient (Wildman–Crippen LogP) is 20.2. The Balaban J connectivity index is 0.000000152. The second-order valence-corrected chi connectivity index (χ2v) is 40.8. The van der Waals surface area contributed by atoms with Gasteiger partial charge in [-0.1, -0.05) is 121 Å². The highest BCUT2D eigenvalue weighted by atomic mass is 32.1. The van der Waals surface area contributed by atoms with Crippen molar-refractivity contribution in [2.75, 3.05) is 78.9 Å². The van der Waals surface area contributed by atoms with Crippen LogP contribution in [-0.2, 0) is 62.6 Å². The SMILES string of the molecule is C.C.Cc1nc(C)c(-c2ccc3cc(-c4c(C5CCCCC5)cc(/C=C/C(=O)O)n4CC(=O)N4CCOCC4)ccc3n2)s1.Cc1nc(C)c(-c2ccc3cc(-c4c(C5CCCCC5)cc(C5CC5C(=O)O)n4CC(=O)N4CCOCC4)ccc3n2)s1.Cc1nc(C)c(-c2ccc3cc(-c4c(C5CCCCC5)cc(C5CC=CCC5C(=O)O)n4CC(=O)N4CCOCC4)ccc3n2)s1.[B]B([B])[B]. The van der Waals surface area contributed by atoms with Crippen molar-refractivity contribution >= 4 is 138 Å². The number of carboxylic acids is 3. The molecule has 137 heavy (non-hydrogen) atoms. The van der Waals surface area contributed by atoms with Crippen LogP contribution in [-0.4, -0.2) is 218 Å². The molecule has 3 aliphatic heterocycles. The molecule has 6 radical (unpaired) electrons. The lowest BCUT2D eigenvalue weighted by atomic mass is 9.08. The number of allylic oxidation sites excluding steroid dienone is 2. The third-order valence-electron chi connectivity index (χ3n) is 27.9. The van der Waals surface area contributed by atoms with Crippen LogP contribution in [0, 0.1) is 53.4 Å². The van der Waals surface area contributed by atoms with Gasteiger partial charge >= 0.3 is 17.9 Å². The molecule has 24 nitrogen and oxygen atoms in total. The van der Waals surface area contributed by atoms with E-state index in [0.29, 0.717) is 116 Å². The number of amides is 3. The van der Waals surface area contributed by atoms with E-state index in [-0.39, 0.29) is 64.0 Å². The highest BCUT2D eigenvalue weighted by Gasteiger charge is 2.48. The minimum Gasteiger partial charge on any atom is -0.481 e. The number of aryl methyl sites for hydroxylation is 6. The summed E-state index contributed by atoms with van der Waals surface area (Å²) in [7, 11) is 14.0. The average Bonchev–Trinajstić information content (AvgIpc) is 1.63. The van der Waals surface area contributed by atoms with Crippen LogP contribution in [0.5, 0.6) is 0 Å². The van der Waals surface area contributed by atoms with Gasteiger partial charge in [-0.2, -0.15) is 0 Å². The number of pyridine rings is 3. The first-order valence-corrected chi connectivity index (χ1v) is 50.4. The Bertz CT molecular complexity index is 6430.